The average molecular weight is 521 g/mol. The Morgan fingerprint density at radius 1 is 0.882 bits per heavy atom. The number of nitrogens with one attached hydrogen (secondary N) is 1. The molecule has 1 atom stereocenters. The second kappa shape index (κ2) is 13.1. The Morgan fingerprint density at radius 2 is 1.53 bits per heavy atom. The van der Waals surface area contributed by atoms with Crippen molar-refractivity contribution in [2.24, 2.45) is 0 Å². The van der Waals surface area contributed by atoms with Gasteiger partial charge in [0.05, 0.1) is 6.42 Å². The van der Waals surface area contributed by atoms with Crippen LogP contribution in [0.2, 0.25) is 0 Å². The van der Waals surface area contributed by atoms with E-state index < -0.39 is 6.04 Å². The summed E-state index contributed by atoms with van der Waals surface area (Å²) < 4.78 is 0.979. The zero-order valence-electron chi connectivity index (χ0n) is 20.0. The largest absolute Gasteiger partial charge is 0.354 e. The molecule has 0 bridgehead atoms. The van der Waals surface area contributed by atoms with Gasteiger partial charge in [-0.3, -0.25) is 9.59 Å². The van der Waals surface area contributed by atoms with Crippen LogP contribution < -0.4 is 5.32 Å². The lowest BCUT2D eigenvalue weighted by atomic mass is 10.0. The summed E-state index contributed by atoms with van der Waals surface area (Å²) in [5.74, 6) is -0.162. The van der Waals surface area contributed by atoms with Crippen molar-refractivity contribution in [1.82, 2.24) is 10.2 Å². The van der Waals surface area contributed by atoms with Crippen molar-refractivity contribution in [2.45, 2.75) is 52.1 Å². The van der Waals surface area contributed by atoms with Gasteiger partial charge in [-0.1, -0.05) is 102 Å². The van der Waals surface area contributed by atoms with E-state index in [9.17, 15) is 9.59 Å². The van der Waals surface area contributed by atoms with E-state index in [1.807, 2.05) is 85.8 Å². The fourth-order valence-corrected chi connectivity index (χ4v) is 4.09. The zero-order chi connectivity index (χ0) is 24.3. The number of carbonyl (C=O) groups is 2. The Hall–Kier alpha value is -2.92. The smallest absolute Gasteiger partial charge is 0.243 e. The molecule has 0 fully saturated rings. The summed E-state index contributed by atoms with van der Waals surface area (Å²) in [7, 11) is 0. The molecule has 0 aromatic heterocycles. The Balaban J connectivity index is 1.92. The van der Waals surface area contributed by atoms with Crippen molar-refractivity contribution in [3.63, 3.8) is 0 Å². The van der Waals surface area contributed by atoms with Crippen LogP contribution in [0.5, 0.6) is 0 Å². The molecular formula is C29H33BrN2O2. The average Bonchev–Trinajstić information content (AvgIpc) is 2.84. The zero-order valence-corrected chi connectivity index (χ0v) is 21.6. The van der Waals surface area contributed by atoms with Crippen LogP contribution in [0.25, 0.3) is 0 Å². The highest BCUT2D eigenvalue weighted by Gasteiger charge is 2.30. The predicted octanol–water partition coefficient (Wildman–Crippen LogP) is 5.86. The summed E-state index contributed by atoms with van der Waals surface area (Å²) in [6.45, 7) is 5.11. The van der Waals surface area contributed by atoms with Crippen molar-refractivity contribution in [2.75, 3.05) is 6.54 Å². The molecule has 0 spiro atoms. The van der Waals surface area contributed by atoms with E-state index in [1.165, 1.54) is 0 Å². The van der Waals surface area contributed by atoms with Crippen molar-refractivity contribution in [3.05, 3.63) is 106 Å². The normalized spacial score (nSPS) is 11.6. The first-order chi connectivity index (χ1) is 16.5. The van der Waals surface area contributed by atoms with Gasteiger partial charge in [-0.15, -0.1) is 0 Å². The molecule has 5 heteroatoms. The minimum Gasteiger partial charge on any atom is -0.354 e. The van der Waals surface area contributed by atoms with Crippen molar-refractivity contribution in [3.8, 4) is 0 Å². The summed E-state index contributed by atoms with van der Waals surface area (Å²) in [6, 6.07) is 25.2. The lowest BCUT2D eigenvalue weighted by molar-refractivity contribution is -0.140. The third-order valence-electron chi connectivity index (χ3n) is 5.84. The van der Waals surface area contributed by atoms with E-state index >= 15 is 0 Å². The summed E-state index contributed by atoms with van der Waals surface area (Å²) in [6.07, 6.45) is 2.63. The van der Waals surface area contributed by atoms with E-state index in [2.05, 4.69) is 28.2 Å². The predicted molar refractivity (Wildman–Crippen MR) is 141 cm³/mol. The van der Waals surface area contributed by atoms with E-state index in [1.54, 1.807) is 4.90 Å². The van der Waals surface area contributed by atoms with Crippen LogP contribution in [0.3, 0.4) is 0 Å². The Morgan fingerprint density at radius 3 is 2.18 bits per heavy atom. The number of amides is 2. The lowest BCUT2D eigenvalue weighted by Crippen LogP contribution is -2.51. The van der Waals surface area contributed by atoms with Crippen LogP contribution in [-0.4, -0.2) is 29.3 Å². The molecule has 0 aliphatic carbocycles. The van der Waals surface area contributed by atoms with Crippen LogP contribution in [-0.2, 0) is 29.0 Å². The second-order valence-electron chi connectivity index (χ2n) is 8.66. The van der Waals surface area contributed by atoms with Crippen molar-refractivity contribution >= 4 is 27.7 Å². The van der Waals surface area contributed by atoms with Gasteiger partial charge in [0.25, 0.3) is 0 Å². The van der Waals surface area contributed by atoms with Gasteiger partial charge in [0, 0.05) is 24.0 Å². The highest BCUT2D eigenvalue weighted by Crippen LogP contribution is 2.18. The highest BCUT2D eigenvalue weighted by atomic mass is 79.9. The number of carbonyl (C=O) groups excluding carboxylic acids is 2. The fourth-order valence-electron chi connectivity index (χ4n) is 3.83. The molecular weight excluding hydrogens is 488 g/mol. The maximum atomic E-state index is 13.7. The molecule has 2 amide bonds. The van der Waals surface area contributed by atoms with Crippen LogP contribution >= 0.6 is 15.9 Å². The monoisotopic (exact) mass is 520 g/mol. The topological polar surface area (TPSA) is 49.4 Å². The van der Waals surface area contributed by atoms with Gasteiger partial charge < -0.3 is 10.2 Å². The molecule has 0 saturated heterocycles. The van der Waals surface area contributed by atoms with Gasteiger partial charge in [0.2, 0.25) is 11.8 Å². The molecule has 3 rings (SSSR count). The van der Waals surface area contributed by atoms with Gasteiger partial charge in [0.15, 0.2) is 0 Å². The van der Waals surface area contributed by atoms with Crippen molar-refractivity contribution in [1.29, 1.82) is 0 Å². The minimum absolute atomic E-state index is 0.0571. The van der Waals surface area contributed by atoms with Crippen molar-refractivity contribution < 1.29 is 9.59 Å². The SMILES string of the molecule is CCCCNC(=O)[C@H](Cc1ccccc1)N(Cc1ccc(Br)cc1)C(=O)Cc1ccc(C)cc1. The number of halogens is 1. The third-order valence-corrected chi connectivity index (χ3v) is 6.37. The number of rotatable bonds is 11. The van der Waals surface area contributed by atoms with E-state index in [0.29, 0.717) is 19.5 Å². The molecule has 1 N–H and O–H groups in total. The minimum atomic E-state index is -0.596. The number of hydrogen-bond acceptors (Lipinski definition) is 2. The Labute approximate surface area is 211 Å². The molecule has 3 aromatic rings. The van der Waals surface area contributed by atoms with Gasteiger partial charge >= 0.3 is 0 Å². The molecule has 0 unspecified atom stereocenters. The summed E-state index contributed by atoms with van der Waals surface area (Å²) in [5.41, 5.74) is 4.11. The molecule has 178 valence electrons. The van der Waals surface area contributed by atoms with E-state index in [4.69, 9.17) is 0 Å². The maximum absolute atomic E-state index is 13.7. The lowest BCUT2D eigenvalue weighted by Gasteiger charge is -2.32. The Kier molecular flexibility index (Phi) is 9.89. The van der Waals surface area contributed by atoms with Gasteiger partial charge in [0.1, 0.15) is 6.04 Å². The molecule has 0 radical (unpaired) electrons. The molecule has 0 heterocycles. The number of hydrogen-bond donors (Lipinski definition) is 1. The Bertz CT molecular complexity index is 1050. The summed E-state index contributed by atoms with van der Waals surface area (Å²) in [4.78, 5) is 28.8. The molecule has 0 aliphatic rings. The standard InChI is InChI=1S/C29H33BrN2O2/c1-3-4-18-31-29(34)27(19-23-8-6-5-7-9-23)32(21-25-14-16-26(30)17-15-25)28(33)20-24-12-10-22(2)11-13-24/h5-17,27H,3-4,18-21H2,1-2H3,(H,31,34)/t27-/m0/s1. The first-order valence-electron chi connectivity index (χ1n) is 11.9. The quantitative estimate of drug-likeness (QED) is 0.322. The van der Waals surface area contributed by atoms with Gasteiger partial charge in [-0.2, -0.15) is 0 Å². The summed E-state index contributed by atoms with van der Waals surface area (Å²) >= 11 is 3.48. The van der Waals surface area contributed by atoms with E-state index in [-0.39, 0.29) is 18.2 Å². The number of benzene rings is 3. The molecule has 3 aromatic carbocycles. The number of unbranched alkanes of at least 4 members (excludes halogenated alkanes) is 1. The van der Waals surface area contributed by atoms with E-state index in [0.717, 1.165) is 39.6 Å². The summed E-state index contributed by atoms with van der Waals surface area (Å²) in [5, 5.41) is 3.07. The van der Waals surface area contributed by atoms with Crippen LogP contribution in [0.15, 0.2) is 83.3 Å². The van der Waals surface area contributed by atoms with Gasteiger partial charge in [-0.25, -0.2) is 0 Å². The molecule has 4 nitrogen and oxygen atoms in total. The first kappa shape index (κ1) is 25.7. The molecule has 0 aliphatic heterocycles. The number of nitrogens with zero attached hydrogens (tertiary/aromatic N) is 1. The fraction of sp³-hybridized carbons (Fsp3) is 0.310. The van der Waals surface area contributed by atoms with Crippen LogP contribution in [0, 0.1) is 6.92 Å². The second-order valence-corrected chi connectivity index (χ2v) is 9.58. The van der Waals surface area contributed by atoms with Crippen LogP contribution in [0.4, 0.5) is 0 Å². The molecule has 0 saturated carbocycles. The highest BCUT2D eigenvalue weighted by molar-refractivity contribution is 9.10. The first-order valence-corrected chi connectivity index (χ1v) is 12.7. The van der Waals surface area contributed by atoms with Gasteiger partial charge in [-0.05, 0) is 42.2 Å². The number of aryl methyl sites for hydroxylation is 1. The van der Waals surface area contributed by atoms with Crippen LogP contribution in [0.1, 0.15) is 42.0 Å². The maximum Gasteiger partial charge on any atom is 0.243 e. The molecule has 34 heavy (non-hydrogen) atoms. The third kappa shape index (κ3) is 7.84.